The van der Waals surface area contributed by atoms with Crippen molar-refractivity contribution in [3.05, 3.63) is 108 Å². The summed E-state index contributed by atoms with van der Waals surface area (Å²) in [6.45, 7) is 3.55. The smallest absolute Gasteiger partial charge is 0.291 e. The zero-order chi connectivity index (χ0) is 25.0. The van der Waals surface area contributed by atoms with E-state index in [4.69, 9.17) is 4.42 Å². The molecule has 1 heterocycles. The van der Waals surface area contributed by atoms with Gasteiger partial charge in [-0.3, -0.25) is 14.3 Å². The second-order valence-electron chi connectivity index (χ2n) is 7.89. The predicted octanol–water partition coefficient (Wildman–Crippen LogP) is 5.20. The number of nitrogens with one attached hydrogen (secondary N) is 3. The maximum Gasteiger partial charge on any atom is 0.291 e. The first kappa shape index (κ1) is 23.8. The van der Waals surface area contributed by atoms with Crippen molar-refractivity contribution in [3.8, 4) is 0 Å². The van der Waals surface area contributed by atoms with Gasteiger partial charge >= 0.3 is 0 Å². The van der Waals surface area contributed by atoms with E-state index in [1.165, 1.54) is 18.4 Å². The highest BCUT2D eigenvalue weighted by Gasteiger charge is 2.20. The Morgan fingerprint density at radius 3 is 2.31 bits per heavy atom. The largest absolute Gasteiger partial charge is 0.459 e. The van der Waals surface area contributed by atoms with E-state index < -0.39 is 21.8 Å². The van der Waals surface area contributed by atoms with Crippen molar-refractivity contribution in [2.75, 3.05) is 15.4 Å². The van der Waals surface area contributed by atoms with E-state index in [1.54, 1.807) is 67.6 Å². The van der Waals surface area contributed by atoms with Crippen molar-refractivity contribution >= 4 is 38.9 Å². The van der Waals surface area contributed by atoms with Crippen LogP contribution in [0.15, 0.2) is 94.4 Å². The lowest BCUT2D eigenvalue weighted by Crippen LogP contribution is -2.19. The van der Waals surface area contributed by atoms with Gasteiger partial charge in [-0.1, -0.05) is 30.3 Å². The number of furan rings is 1. The molecular weight excluding hydrogens is 466 g/mol. The van der Waals surface area contributed by atoms with Gasteiger partial charge in [0.25, 0.3) is 21.8 Å². The van der Waals surface area contributed by atoms with Crippen LogP contribution in [0.2, 0.25) is 0 Å². The highest BCUT2D eigenvalue weighted by atomic mass is 32.2. The lowest BCUT2D eigenvalue weighted by atomic mass is 10.1. The topological polar surface area (TPSA) is 118 Å². The van der Waals surface area contributed by atoms with E-state index in [1.807, 2.05) is 13.0 Å². The van der Waals surface area contributed by atoms with Gasteiger partial charge in [0.05, 0.1) is 22.4 Å². The molecule has 9 heteroatoms. The number of rotatable bonds is 7. The van der Waals surface area contributed by atoms with Crippen LogP contribution in [0.25, 0.3) is 0 Å². The number of hydrogen-bond donors (Lipinski definition) is 3. The zero-order valence-electron chi connectivity index (χ0n) is 19.0. The zero-order valence-corrected chi connectivity index (χ0v) is 19.8. The summed E-state index contributed by atoms with van der Waals surface area (Å²) in [5, 5.41) is 5.37. The van der Waals surface area contributed by atoms with Crippen molar-refractivity contribution in [3.63, 3.8) is 0 Å². The molecule has 4 aromatic rings. The number of carbonyl (C=O) groups is 2. The molecule has 2 amide bonds. The van der Waals surface area contributed by atoms with Gasteiger partial charge in [-0.05, 0) is 73.5 Å². The molecule has 0 aliphatic carbocycles. The maximum absolute atomic E-state index is 13.0. The summed E-state index contributed by atoms with van der Waals surface area (Å²) in [7, 11) is -3.90. The molecule has 0 unspecified atom stereocenters. The molecule has 0 spiro atoms. The molecule has 1 aromatic heterocycles. The van der Waals surface area contributed by atoms with Crippen molar-refractivity contribution in [1.82, 2.24) is 0 Å². The summed E-state index contributed by atoms with van der Waals surface area (Å²) >= 11 is 0. The standard InChI is InChI=1S/C26H23N3O5S/c1-17-7-5-8-20(15-17)29-35(32,33)24-16-19(13-12-18(24)2)27-25(30)21-9-3-4-10-22(21)28-26(31)23-11-6-14-34-23/h3-16,29H,1-2H3,(H,27,30)(H,28,31). The molecule has 8 nitrogen and oxygen atoms in total. The molecule has 35 heavy (non-hydrogen) atoms. The number of hydrogen-bond acceptors (Lipinski definition) is 5. The quantitative estimate of drug-likeness (QED) is 0.330. The summed E-state index contributed by atoms with van der Waals surface area (Å²) in [6.07, 6.45) is 1.38. The van der Waals surface area contributed by atoms with Crippen LogP contribution in [0.5, 0.6) is 0 Å². The first-order chi connectivity index (χ1) is 16.7. The van der Waals surface area contributed by atoms with Gasteiger partial charge in [0.1, 0.15) is 0 Å². The third-order valence-corrected chi connectivity index (χ3v) is 6.69. The highest BCUT2D eigenvalue weighted by Crippen LogP contribution is 2.25. The van der Waals surface area contributed by atoms with Gasteiger partial charge < -0.3 is 15.1 Å². The normalized spacial score (nSPS) is 11.0. The summed E-state index contributed by atoms with van der Waals surface area (Å²) in [6, 6.07) is 21.2. The van der Waals surface area contributed by atoms with Crippen LogP contribution in [0.1, 0.15) is 32.0 Å². The second kappa shape index (κ2) is 9.86. The average Bonchev–Trinajstić information content (AvgIpc) is 3.35. The van der Waals surface area contributed by atoms with E-state index in [9.17, 15) is 18.0 Å². The summed E-state index contributed by atoms with van der Waals surface area (Å²) in [4.78, 5) is 25.4. The van der Waals surface area contributed by atoms with E-state index in [-0.39, 0.29) is 27.6 Å². The molecule has 0 fully saturated rings. The summed E-state index contributed by atoms with van der Waals surface area (Å²) in [5.74, 6) is -0.907. The molecule has 0 saturated carbocycles. The van der Waals surface area contributed by atoms with Crippen LogP contribution in [0.3, 0.4) is 0 Å². The minimum absolute atomic E-state index is 0.0382. The van der Waals surface area contributed by atoms with Crippen LogP contribution in [-0.2, 0) is 10.0 Å². The van der Waals surface area contributed by atoms with Crippen molar-refractivity contribution < 1.29 is 22.4 Å². The fourth-order valence-corrected chi connectivity index (χ4v) is 4.79. The molecule has 0 aliphatic heterocycles. The molecule has 3 N–H and O–H groups in total. The van der Waals surface area contributed by atoms with Gasteiger partial charge in [0, 0.05) is 11.4 Å². The summed E-state index contributed by atoms with van der Waals surface area (Å²) < 4.78 is 33.8. The number of benzene rings is 3. The molecule has 0 atom stereocenters. The first-order valence-corrected chi connectivity index (χ1v) is 12.2. The van der Waals surface area contributed by atoms with Crippen LogP contribution in [0.4, 0.5) is 17.1 Å². The highest BCUT2D eigenvalue weighted by molar-refractivity contribution is 7.92. The molecule has 0 aliphatic rings. The van der Waals surface area contributed by atoms with Crippen molar-refractivity contribution in [1.29, 1.82) is 0 Å². The van der Waals surface area contributed by atoms with Gasteiger partial charge in [0.2, 0.25) is 0 Å². The Morgan fingerprint density at radius 2 is 1.57 bits per heavy atom. The van der Waals surface area contributed by atoms with E-state index in [0.29, 0.717) is 11.3 Å². The molecule has 4 rings (SSSR count). The number of amides is 2. The van der Waals surface area contributed by atoms with Crippen LogP contribution >= 0.6 is 0 Å². The van der Waals surface area contributed by atoms with Crippen LogP contribution < -0.4 is 15.4 Å². The van der Waals surface area contributed by atoms with E-state index >= 15 is 0 Å². The lowest BCUT2D eigenvalue weighted by Gasteiger charge is -2.14. The Hall–Kier alpha value is -4.37. The molecular formula is C26H23N3O5S. The van der Waals surface area contributed by atoms with Crippen LogP contribution in [-0.4, -0.2) is 20.2 Å². The van der Waals surface area contributed by atoms with Crippen LogP contribution in [0, 0.1) is 13.8 Å². The lowest BCUT2D eigenvalue weighted by molar-refractivity contribution is 0.0996. The summed E-state index contributed by atoms with van der Waals surface area (Å²) in [5.41, 5.74) is 2.66. The molecule has 0 radical (unpaired) electrons. The minimum Gasteiger partial charge on any atom is -0.459 e. The Balaban J connectivity index is 1.56. The number of aryl methyl sites for hydroxylation is 2. The van der Waals surface area contributed by atoms with Gasteiger partial charge in [-0.2, -0.15) is 0 Å². The third kappa shape index (κ3) is 5.59. The number of anilines is 3. The van der Waals surface area contributed by atoms with Gasteiger partial charge in [0.15, 0.2) is 5.76 Å². The Bertz CT molecular complexity index is 1500. The Labute approximate surface area is 203 Å². The average molecular weight is 490 g/mol. The second-order valence-corrected chi connectivity index (χ2v) is 9.54. The van der Waals surface area contributed by atoms with Gasteiger partial charge in [-0.15, -0.1) is 0 Å². The SMILES string of the molecule is Cc1cccc(NS(=O)(=O)c2cc(NC(=O)c3ccccc3NC(=O)c3ccco3)ccc2C)c1. The van der Waals surface area contributed by atoms with Crippen molar-refractivity contribution in [2.24, 2.45) is 0 Å². The fourth-order valence-electron chi connectivity index (χ4n) is 3.47. The van der Waals surface area contributed by atoms with E-state index in [0.717, 1.165) is 5.56 Å². The fraction of sp³-hybridized carbons (Fsp3) is 0.0769. The number of carbonyl (C=O) groups excluding carboxylic acids is 2. The van der Waals surface area contributed by atoms with Gasteiger partial charge in [-0.25, -0.2) is 8.42 Å². The molecule has 0 saturated heterocycles. The number of sulfonamides is 1. The van der Waals surface area contributed by atoms with E-state index in [2.05, 4.69) is 15.4 Å². The number of para-hydroxylation sites is 1. The molecule has 178 valence electrons. The Morgan fingerprint density at radius 1 is 0.771 bits per heavy atom. The Kier molecular flexibility index (Phi) is 6.70. The molecule has 3 aromatic carbocycles. The third-order valence-electron chi connectivity index (χ3n) is 5.17. The molecule has 0 bridgehead atoms. The monoisotopic (exact) mass is 489 g/mol. The first-order valence-electron chi connectivity index (χ1n) is 10.7. The predicted molar refractivity (Wildman–Crippen MR) is 134 cm³/mol. The maximum atomic E-state index is 13.0. The van der Waals surface area contributed by atoms with Crippen molar-refractivity contribution in [2.45, 2.75) is 18.7 Å². The minimum atomic E-state index is -3.90.